The Morgan fingerprint density at radius 3 is 2.50 bits per heavy atom. The van der Waals surface area contributed by atoms with Gasteiger partial charge in [-0.15, -0.1) is 0 Å². The van der Waals surface area contributed by atoms with Crippen LogP contribution in [0.25, 0.3) is 0 Å². The molecule has 0 saturated heterocycles. The fourth-order valence-corrected chi connectivity index (χ4v) is 2.15. The average Bonchev–Trinajstić information content (AvgIpc) is 2.14. The second-order valence-electron chi connectivity index (χ2n) is 3.13. The third kappa shape index (κ3) is 2.96. The molecule has 1 rings (SSSR count). The first-order valence-corrected chi connectivity index (χ1v) is 8.18. The molecule has 88 valence electrons. The molecule has 0 heterocycles. The van der Waals surface area contributed by atoms with Gasteiger partial charge in [-0.2, -0.15) is 0 Å². The van der Waals surface area contributed by atoms with Crippen molar-refractivity contribution in [1.29, 1.82) is 0 Å². The molecule has 7 heteroatoms. The van der Waals surface area contributed by atoms with Gasteiger partial charge in [0.25, 0.3) is 0 Å². The lowest BCUT2D eigenvalue weighted by atomic mass is 10.1. The Kier molecular flexibility index (Phi) is 4.42. The van der Waals surface area contributed by atoms with Gasteiger partial charge in [0.1, 0.15) is 0 Å². The number of carbonyl (C=O) groups excluding carboxylic acids is 1. The largest absolute Gasteiger partial charge is 0.290 e. The van der Waals surface area contributed by atoms with Crippen molar-refractivity contribution in [1.82, 2.24) is 0 Å². The summed E-state index contributed by atoms with van der Waals surface area (Å²) < 4.78 is 21.2. The molecule has 0 amide bonds. The molecule has 1 aromatic carbocycles. The summed E-state index contributed by atoms with van der Waals surface area (Å²) in [4.78, 5) is 12.0. The number of carbonyl (C=O) groups is 1. The van der Waals surface area contributed by atoms with E-state index in [0.29, 0.717) is 5.02 Å². The minimum absolute atomic E-state index is 0.254. The van der Waals surface area contributed by atoms with Crippen molar-refractivity contribution in [2.24, 2.45) is 0 Å². The molecule has 0 saturated carbocycles. The number of alkyl halides is 2. The van der Waals surface area contributed by atoms with E-state index in [2.05, 4.69) is 15.9 Å². The maximum absolute atomic E-state index is 12.0. The number of hydrogen-bond donors (Lipinski definition) is 0. The maximum Gasteiger partial charge on any atom is 0.238 e. The van der Waals surface area contributed by atoms with Gasteiger partial charge in [-0.05, 0) is 50.7 Å². The molecule has 0 aliphatic heterocycles. The Labute approximate surface area is 121 Å². The second kappa shape index (κ2) is 4.91. The number of ketones is 1. The maximum atomic E-state index is 12.0. The first-order valence-electron chi connectivity index (χ1n) is 4.04. The van der Waals surface area contributed by atoms with Crippen molar-refractivity contribution in [2.75, 3.05) is 6.26 Å². The molecule has 1 aromatic rings. The van der Waals surface area contributed by atoms with Crippen molar-refractivity contribution in [3.8, 4) is 0 Å². The van der Waals surface area contributed by atoms with Crippen molar-refractivity contribution >= 4 is 65.7 Å². The minimum Gasteiger partial charge on any atom is -0.290 e. The van der Waals surface area contributed by atoms with Gasteiger partial charge < -0.3 is 0 Å². The van der Waals surface area contributed by atoms with Crippen LogP contribution in [0.1, 0.15) is 10.4 Å². The molecular weight excluding hydrogens is 430 g/mol. The molecule has 0 radical (unpaired) electrons. The lowest BCUT2D eigenvalue weighted by molar-refractivity contribution is 0.101. The number of benzene rings is 1. The molecule has 0 aliphatic carbocycles. The number of Topliss-reactive ketones (excluding diaryl/α,β-unsaturated/α-hetero) is 1. The zero-order valence-corrected chi connectivity index (χ0v) is 13.4. The summed E-state index contributed by atoms with van der Waals surface area (Å²) in [6.45, 7) is 0. The number of rotatable bonds is 3. The van der Waals surface area contributed by atoms with Crippen LogP contribution in [0.15, 0.2) is 24.3 Å². The molecular formula is C9H7BrClIO3S. The third-order valence-corrected chi connectivity index (χ3v) is 8.18. The minimum atomic E-state index is -3.55. The number of hydrogen-bond acceptors (Lipinski definition) is 3. The molecule has 16 heavy (non-hydrogen) atoms. The molecule has 0 bridgehead atoms. The Morgan fingerprint density at radius 1 is 1.50 bits per heavy atom. The smallest absolute Gasteiger partial charge is 0.238 e. The van der Waals surface area contributed by atoms with Gasteiger partial charge in [0, 0.05) is 16.8 Å². The molecule has 0 spiro atoms. The number of sulfone groups is 1. The highest BCUT2D eigenvalue weighted by Crippen LogP contribution is 2.36. The van der Waals surface area contributed by atoms with Crippen LogP contribution >= 0.6 is 50.1 Å². The average molecular weight is 437 g/mol. The third-order valence-electron chi connectivity index (χ3n) is 1.82. The van der Waals surface area contributed by atoms with Gasteiger partial charge in [-0.1, -0.05) is 23.7 Å². The van der Waals surface area contributed by atoms with E-state index in [9.17, 15) is 13.2 Å². The van der Waals surface area contributed by atoms with E-state index in [1.807, 2.05) is 0 Å². The molecule has 0 fully saturated rings. The molecule has 3 nitrogen and oxygen atoms in total. The fourth-order valence-electron chi connectivity index (χ4n) is 0.966. The summed E-state index contributed by atoms with van der Waals surface area (Å²) in [6.07, 6.45) is 0.997. The standard InChI is InChI=1S/C9H7BrClIO3S/c1-16(14,15)9(10,12)8(13)6-3-2-4-7(11)5-6/h2-5H,1H3. The van der Waals surface area contributed by atoms with Gasteiger partial charge in [0.15, 0.2) is 9.84 Å². The summed E-state index contributed by atoms with van der Waals surface area (Å²) >= 11 is 10.2. The van der Waals surface area contributed by atoms with Gasteiger partial charge in [-0.3, -0.25) is 4.79 Å². The summed E-state index contributed by atoms with van der Waals surface area (Å²) in [5.74, 6) is -0.543. The van der Waals surface area contributed by atoms with E-state index >= 15 is 0 Å². The lowest BCUT2D eigenvalue weighted by Crippen LogP contribution is -2.33. The summed E-state index contributed by atoms with van der Waals surface area (Å²) in [5.41, 5.74) is 0.254. The van der Waals surface area contributed by atoms with Gasteiger partial charge in [0.05, 0.1) is 0 Å². The van der Waals surface area contributed by atoms with Crippen LogP contribution in [0.5, 0.6) is 0 Å². The van der Waals surface area contributed by atoms with E-state index < -0.39 is 17.3 Å². The predicted molar refractivity (Wildman–Crippen MR) is 76.3 cm³/mol. The summed E-state index contributed by atoms with van der Waals surface area (Å²) in [7, 11) is -3.55. The van der Waals surface area contributed by atoms with E-state index in [-0.39, 0.29) is 5.56 Å². The normalized spacial score (nSPS) is 15.5. The quantitative estimate of drug-likeness (QED) is 0.415. The molecule has 0 aromatic heterocycles. The predicted octanol–water partition coefficient (Wildman–Crippen LogP) is 3.05. The van der Waals surface area contributed by atoms with Crippen LogP contribution in [-0.4, -0.2) is 22.1 Å². The zero-order valence-electron chi connectivity index (χ0n) is 8.08. The van der Waals surface area contributed by atoms with Gasteiger partial charge in [-0.25, -0.2) is 8.42 Å². The monoisotopic (exact) mass is 436 g/mol. The van der Waals surface area contributed by atoms with Crippen molar-refractivity contribution < 1.29 is 13.2 Å². The second-order valence-corrected chi connectivity index (χ2v) is 11.3. The fraction of sp³-hybridized carbons (Fsp3) is 0.222. The zero-order chi connectivity index (χ0) is 12.6. The summed E-state index contributed by atoms with van der Waals surface area (Å²) in [6, 6.07) is 6.16. The van der Waals surface area contributed by atoms with Gasteiger partial charge in [0.2, 0.25) is 7.45 Å². The van der Waals surface area contributed by atoms with Crippen LogP contribution in [0.4, 0.5) is 0 Å². The molecule has 0 N–H and O–H groups in total. The van der Waals surface area contributed by atoms with Crippen LogP contribution in [0, 0.1) is 0 Å². The highest BCUT2D eigenvalue weighted by Gasteiger charge is 2.43. The van der Waals surface area contributed by atoms with E-state index in [1.165, 1.54) is 12.1 Å². The van der Waals surface area contributed by atoms with E-state index in [4.69, 9.17) is 11.6 Å². The lowest BCUT2D eigenvalue weighted by Gasteiger charge is -2.16. The highest BCUT2D eigenvalue weighted by molar-refractivity contribution is 14.1. The summed E-state index contributed by atoms with van der Waals surface area (Å²) in [5, 5.41) is 0.388. The van der Waals surface area contributed by atoms with Crippen molar-refractivity contribution in [2.45, 2.75) is 1.66 Å². The van der Waals surface area contributed by atoms with Crippen LogP contribution in [-0.2, 0) is 9.84 Å². The first-order chi connectivity index (χ1) is 7.16. The Morgan fingerprint density at radius 2 is 2.06 bits per heavy atom. The molecule has 0 aliphatic rings. The topological polar surface area (TPSA) is 51.2 Å². The van der Waals surface area contributed by atoms with Crippen molar-refractivity contribution in [3.05, 3.63) is 34.9 Å². The molecule has 1 unspecified atom stereocenters. The van der Waals surface area contributed by atoms with E-state index in [0.717, 1.165) is 6.26 Å². The van der Waals surface area contributed by atoms with Gasteiger partial charge >= 0.3 is 0 Å². The first kappa shape index (κ1) is 14.4. The number of halogens is 3. The highest BCUT2D eigenvalue weighted by atomic mass is 127. The Hall–Kier alpha value is 0.340. The Balaban J connectivity index is 3.23. The van der Waals surface area contributed by atoms with Crippen molar-refractivity contribution in [3.63, 3.8) is 0 Å². The van der Waals surface area contributed by atoms with Crippen LogP contribution < -0.4 is 0 Å². The van der Waals surface area contributed by atoms with Crippen LogP contribution in [0.2, 0.25) is 5.02 Å². The Bertz CT molecular complexity index is 527. The van der Waals surface area contributed by atoms with Crippen LogP contribution in [0.3, 0.4) is 0 Å². The molecule has 1 atom stereocenters. The van der Waals surface area contributed by atoms with E-state index in [1.54, 1.807) is 34.7 Å². The SMILES string of the molecule is CS(=O)(=O)C(Br)(I)C(=O)c1cccc(Cl)c1.